The summed E-state index contributed by atoms with van der Waals surface area (Å²) in [6, 6.07) is 32.2. The van der Waals surface area contributed by atoms with Crippen molar-refractivity contribution in [2.45, 2.75) is 47.3 Å². The second kappa shape index (κ2) is 12.0. The molecule has 0 aromatic heterocycles. The molecule has 0 saturated carbocycles. The van der Waals surface area contributed by atoms with Crippen molar-refractivity contribution in [2.75, 3.05) is 0 Å². The van der Waals surface area contributed by atoms with Crippen LogP contribution in [0.15, 0.2) is 106 Å². The number of hydrogen-bond acceptors (Lipinski definition) is 2. The minimum Gasteiger partial charge on any atom is -0.550 e. The zero-order valence-electron chi connectivity index (χ0n) is 15.7. The summed E-state index contributed by atoms with van der Waals surface area (Å²) in [5, 5.41) is 9.76. The summed E-state index contributed by atoms with van der Waals surface area (Å²) >= 11 is 0. The Morgan fingerprint density at radius 2 is 1.07 bits per heavy atom. The molecule has 2 nitrogen and oxygen atoms in total. The van der Waals surface area contributed by atoms with Gasteiger partial charge in [-0.3, -0.25) is 0 Å². The summed E-state index contributed by atoms with van der Waals surface area (Å²) in [6.07, 6.45) is 3.04. The van der Waals surface area contributed by atoms with Crippen molar-refractivity contribution in [2.24, 2.45) is 0 Å². The van der Waals surface area contributed by atoms with Crippen LogP contribution >= 0.6 is 0 Å². The van der Waals surface area contributed by atoms with Crippen LogP contribution in [-0.4, -0.2) is 5.97 Å². The first-order valence-corrected chi connectivity index (χ1v) is 10.5. The van der Waals surface area contributed by atoms with E-state index in [2.05, 4.69) is 91.0 Å². The molecule has 3 heteroatoms. The molecule has 0 bridgehead atoms. The van der Waals surface area contributed by atoms with Crippen LogP contribution in [0.2, 0.25) is 0 Å². The summed E-state index contributed by atoms with van der Waals surface area (Å²) in [4.78, 5) is 13.8. The fraction of sp³-hybridized carbons (Fsp3) is 0.208. The Hall–Kier alpha value is -2.52. The van der Waals surface area contributed by atoms with Crippen LogP contribution in [-0.2, 0) is 15.7 Å². The predicted octanol–water partition coefficient (Wildman–Crippen LogP) is 5.10. The number of rotatable bonds is 7. The number of carbonyl (C=O) groups excluding carboxylic acids is 1. The second-order valence-electron chi connectivity index (χ2n) is 6.07. The summed E-state index contributed by atoms with van der Waals surface area (Å²) < 4.78 is 0. The maximum Gasteiger partial charge on any atom is 0.166 e. The highest BCUT2D eigenvalue weighted by molar-refractivity contribution is 7.97. The van der Waals surface area contributed by atoms with Crippen LogP contribution in [0.4, 0.5) is 0 Å². The molecule has 0 aliphatic carbocycles. The summed E-state index contributed by atoms with van der Waals surface area (Å²) in [5.41, 5.74) is 0. The molecule has 0 spiro atoms. The molecular weight excluding hydrogens is 352 g/mol. The Morgan fingerprint density at radius 1 is 0.704 bits per heavy atom. The number of benzene rings is 3. The average Bonchev–Trinajstić information content (AvgIpc) is 2.71. The Balaban J connectivity index is 0.000000279. The number of aliphatic carboxylic acids is 1. The monoisotopic (exact) mass is 378 g/mol. The van der Waals surface area contributed by atoms with Gasteiger partial charge in [0.2, 0.25) is 0 Å². The first-order chi connectivity index (χ1) is 13.2. The van der Waals surface area contributed by atoms with Crippen molar-refractivity contribution in [1.82, 2.24) is 0 Å². The standard InChI is InChI=1S/C18H15S.C6H12O2/c1-4-10-16(11-5-1)19(17-12-6-2-7-13-17)18-14-8-3-9-15-18;1-2-3-4-5-6(7)8/h1-15H;2-5H2,1H3,(H,7,8)/q+1;/p-1. The van der Waals surface area contributed by atoms with Crippen LogP contribution in [0.1, 0.15) is 32.6 Å². The highest BCUT2D eigenvalue weighted by atomic mass is 32.2. The first kappa shape index (κ1) is 20.8. The molecule has 0 saturated heterocycles. The van der Waals surface area contributed by atoms with Crippen molar-refractivity contribution in [3.8, 4) is 0 Å². The number of unbranched alkanes of at least 4 members (excludes halogenated alkanes) is 2. The number of carbonyl (C=O) groups is 1. The van der Waals surface area contributed by atoms with Gasteiger partial charge < -0.3 is 9.90 Å². The summed E-state index contributed by atoms with van der Waals surface area (Å²) in [5.74, 6) is -0.932. The molecule has 140 valence electrons. The molecule has 3 aromatic carbocycles. The fourth-order valence-corrected chi connectivity index (χ4v) is 4.70. The fourth-order valence-electron chi connectivity index (χ4n) is 2.60. The number of carboxylic acids is 1. The van der Waals surface area contributed by atoms with Gasteiger partial charge in [-0.1, -0.05) is 74.4 Å². The van der Waals surface area contributed by atoms with E-state index in [-0.39, 0.29) is 17.3 Å². The molecule has 0 fully saturated rings. The van der Waals surface area contributed by atoms with Gasteiger partial charge >= 0.3 is 0 Å². The summed E-state index contributed by atoms with van der Waals surface area (Å²) in [7, 11) is -0.0146. The molecule has 0 aliphatic rings. The van der Waals surface area contributed by atoms with Crippen LogP contribution in [0.5, 0.6) is 0 Å². The maximum absolute atomic E-state index is 9.76. The molecule has 3 rings (SSSR count). The van der Waals surface area contributed by atoms with E-state index in [0.29, 0.717) is 0 Å². The smallest absolute Gasteiger partial charge is 0.166 e. The molecule has 27 heavy (non-hydrogen) atoms. The van der Waals surface area contributed by atoms with Gasteiger partial charge in [-0.2, -0.15) is 0 Å². The zero-order chi connectivity index (χ0) is 19.3. The minimum absolute atomic E-state index is 0.0146. The number of hydrogen-bond donors (Lipinski definition) is 0. The first-order valence-electron chi connectivity index (χ1n) is 9.31. The molecule has 0 unspecified atom stereocenters. The third kappa shape index (κ3) is 7.32. The van der Waals surface area contributed by atoms with Gasteiger partial charge in [0.05, 0.1) is 10.9 Å². The normalized spacial score (nSPS) is 10.1. The Labute approximate surface area is 165 Å². The maximum atomic E-state index is 9.76. The van der Waals surface area contributed by atoms with E-state index < -0.39 is 5.97 Å². The van der Waals surface area contributed by atoms with Crippen molar-refractivity contribution < 1.29 is 9.90 Å². The molecule has 0 heterocycles. The highest BCUT2D eigenvalue weighted by Gasteiger charge is 2.27. The van der Waals surface area contributed by atoms with Gasteiger partial charge in [-0.05, 0) is 49.2 Å². The van der Waals surface area contributed by atoms with Crippen LogP contribution < -0.4 is 5.11 Å². The zero-order valence-corrected chi connectivity index (χ0v) is 16.5. The van der Waals surface area contributed by atoms with E-state index in [1.54, 1.807) is 0 Å². The second-order valence-corrected chi connectivity index (χ2v) is 8.10. The topological polar surface area (TPSA) is 40.1 Å². The van der Waals surface area contributed by atoms with Crippen molar-refractivity contribution in [3.63, 3.8) is 0 Å². The van der Waals surface area contributed by atoms with Gasteiger partial charge in [0.15, 0.2) is 14.7 Å². The third-order valence-corrected chi connectivity index (χ3v) is 6.15. The van der Waals surface area contributed by atoms with Crippen molar-refractivity contribution >= 4 is 16.9 Å². The quantitative estimate of drug-likeness (QED) is 0.424. The highest BCUT2D eigenvalue weighted by Crippen LogP contribution is 2.30. The van der Waals surface area contributed by atoms with E-state index in [1.165, 1.54) is 14.7 Å². The Morgan fingerprint density at radius 3 is 1.37 bits per heavy atom. The van der Waals surface area contributed by atoms with E-state index >= 15 is 0 Å². The van der Waals surface area contributed by atoms with Crippen molar-refractivity contribution in [1.29, 1.82) is 0 Å². The van der Waals surface area contributed by atoms with Gasteiger partial charge in [0, 0.05) is 5.97 Å². The molecular formula is C24H26O2S. The number of carboxylic acid groups (broad SMARTS) is 1. The Kier molecular flexibility index (Phi) is 9.22. The molecule has 0 aliphatic heterocycles. The van der Waals surface area contributed by atoms with Gasteiger partial charge in [0.1, 0.15) is 0 Å². The molecule has 0 amide bonds. The van der Waals surface area contributed by atoms with Gasteiger partial charge in [-0.15, -0.1) is 0 Å². The lowest BCUT2D eigenvalue weighted by Crippen LogP contribution is -2.21. The van der Waals surface area contributed by atoms with E-state index in [1.807, 2.05) is 6.92 Å². The lowest BCUT2D eigenvalue weighted by Gasteiger charge is -2.07. The molecule has 0 radical (unpaired) electrons. The van der Waals surface area contributed by atoms with Crippen LogP contribution in [0.25, 0.3) is 0 Å². The van der Waals surface area contributed by atoms with Crippen LogP contribution in [0, 0.1) is 0 Å². The molecule has 0 atom stereocenters. The Bertz CT molecular complexity index is 679. The SMILES string of the molecule is CCCCCC(=O)[O-].c1ccc([S+](c2ccccc2)c2ccccc2)cc1. The largest absolute Gasteiger partial charge is 0.550 e. The summed E-state index contributed by atoms with van der Waals surface area (Å²) in [6.45, 7) is 2.04. The van der Waals surface area contributed by atoms with Crippen molar-refractivity contribution in [3.05, 3.63) is 91.0 Å². The van der Waals surface area contributed by atoms with E-state index in [0.717, 1.165) is 19.3 Å². The van der Waals surface area contributed by atoms with Crippen LogP contribution in [0.3, 0.4) is 0 Å². The van der Waals surface area contributed by atoms with E-state index in [4.69, 9.17) is 0 Å². The lowest BCUT2D eigenvalue weighted by molar-refractivity contribution is -0.305. The third-order valence-electron chi connectivity index (χ3n) is 3.92. The predicted molar refractivity (Wildman–Crippen MR) is 111 cm³/mol. The lowest BCUT2D eigenvalue weighted by atomic mass is 10.2. The average molecular weight is 379 g/mol. The minimum atomic E-state index is -0.932. The van der Waals surface area contributed by atoms with Gasteiger partial charge in [0.25, 0.3) is 0 Å². The van der Waals surface area contributed by atoms with E-state index in [9.17, 15) is 9.90 Å². The molecule has 3 aromatic rings. The van der Waals surface area contributed by atoms with Gasteiger partial charge in [-0.25, -0.2) is 0 Å². The molecule has 0 N–H and O–H groups in total.